The second kappa shape index (κ2) is 4.78. The fourth-order valence-corrected chi connectivity index (χ4v) is 2.13. The topological polar surface area (TPSA) is 105 Å². The number of nitrogens with zero attached hydrogens (tertiary/aromatic N) is 3. The van der Waals surface area contributed by atoms with Crippen molar-refractivity contribution in [1.29, 1.82) is 5.26 Å². The maximum atomic E-state index is 11.2. The largest absolute Gasteiger partial charge is 0.369 e. The van der Waals surface area contributed by atoms with Crippen LogP contribution in [0.2, 0.25) is 0 Å². The van der Waals surface area contributed by atoms with Gasteiger partial charge in [-0.3, -0.25) is 4.79 Å². The molecule has 1 amide bonds. The molecule has 0 radical (unpaired) electrons. The summed E-state index contributed by atoms with van der Waals surface area (Å²) in [5.74, 6) is 0.149. The van der Waals surface area contributed by atoms with Crippen molar-refractivity contribution < 1.29 is 4.79 Å². The molecule has 88 valence electrons. The van der Waals surface area contributed by atoms with Crippen LogP contribution in [-0.4, -0.2) is 22.1 Å². The molecule has 2 unspecified atom stereocenters. The van der Waals surface area contributed by atoms with Crippen molar-refractivity contribution in [2.45, 2.75) is 25.3 Å². The van der Waals surface area contributed by atoms with Gasteiger partial charge in [-0.1, -0.05) is 6.42 Å². The molecule has 6 heteroatoms. The summed E-state index contributed by atoms with van der Waals surface area (Å²) < 4.78 is 0. The zero-order valence-corrected chi connectivity index (χ0v) is 9.26. The van der Waals surface area contributed by atoms with E-state index >= 15 is 0 Å². The lowest BCUT2D eigenvalue weighted by atomic mass is 10.0. The van der Waals surface area contributed by atoms with Crippen molar-refractivity contribution in [3.63, 3.8) is 0 Å². The third-order valence-corrected chi connectivity index (χ3v) is 2.99. The molecule has 0 spiro atoms. The highest BCUT2D eigenvalue weighted by atomic mass is 16.1. The SMILES string of the molecule is N#Cc1ccc(NC2CCCC2C(N)=O)nn1. The normalized spacial score (nSPS) is 23.0. The molecule has 0 bridgehead atoms. The number of hydrogen-bond acceptors (Lipinski definition) is 5. The highest BCUT2D eigenvalue weighted by molar-refractivity contribution is 5.78. The summed E-state index contributed by atoms with van der Waals surface area (Å²) in [4.78, 5) is 11.2. The van der Waals surface area contributed by atoms with E-state index in [4.69, 9.17) is 11.0 Å². The van der Waals surface area contributed by atoms with Crippen molar-refractivity contribution in [2.24, 2.45) is 11.7 Å². The second-order valence-electron chi connectivity index (χ2n) is 4.11. The minimum Gasteiger partial charge on any atom is -0.369 e. The molecule has 1 fully saturated rings. The van der Waals surface area contributed by atoms with E-state index in [9.17, 15) is 4.79 Å². The molecule has 2 rings (SSSR count). The van der Waals surface area contributed by atoms with E-state index in [2.05, 4.69) is 15.5 Å². The summed E-state index contributed by atoms with van der Waals surface area (Å²) in [7, 11) is 0. The number of aromatic nitrogens is 2. The average Bonchev–Trinajstić information content (AvgIpc) is 2.78. The molecule has 1 saturated carbocycles. The summed E-state index contributed by atoms with van der Waals surface area (Å²) in [6, 6.07) is 5.19. The molecule has 1 aromatic rings. The molecule has 6 nitrogen and oxygen atoms in total. The Morgan fingerprint density at radius 3 is 2.88 bits per heavy atom. The fourth-order valence-electron chi connectivity index (χ4n) is 2.13. The third kappa shape index (κ3) is 2.50. The van der Waals surface area contributed by atoms with Gasteiger partial charge in [0.1, 0.15) is 11.9 Å². The Labute approximate surface area is 98.8 Å². The highest BCUT2D eigenvalue weighted by Crippen LogP contribution is 2.27. The zero-order valence-electron chi connectivity index (χ0n) is 9.26. The Hall–Kier alpha value is -2.16. The van der Waals surface area contributed by atoms with E-state index in [1.165, 1.54) is 0 Å². The van der Waals surface area contributed by atoms with Gasteiger partial charge in [0.25, 0.3) is 0 Å². The summed E-state index contributed by atoms with van der Waals surface area (Å²) in [5, 5.41) is 19.3. The Bertz CT molecular complexity index is 450. The van der Waals surface area contributed by atoms with Gasteiger partial charge in [-0.15, -0.1) is 10.2 Å². The van der Waals surface area contributed by atoms with Crippen LogP contribution in [0.5, 0.6) is 0 Å². The van der Waals surface area contributed by atoms with Gasteiger partial charge in [0.15, 0.2) is 5.69 Å². The quantitative estimate of drug-likeness (QED) is 0.784. The van der Waals surface area contributed by atoms with Gasteiger partial charge >= 0.3 is 0 Å². The molecule has 17 heavy (non-hydrogen) atoms. The summed E-state index contributed by atoms with van der Waals surface area (Å²) >= 11 is 0. The number of hydrogen-bond donors (Lipinski definition) is 2. The van der Waals surface area contributed by atoms with Crippen LogP contribution in [0.1, 0.15) is 25.0 Å². The predicted molar refractivity (Wildman–Crippen MR) is 60.7 cm³/mol. The number of rotatable bonds is 3. The first-order valence-corrected chi connectivity index (χ1v) is 5.50. The first-order valence-electron chi connectivity index (χ1n) is 5.50. The maximum absolute atomic E-state index is 11.2. The molecule has 2 atom stereocenters. The van der Waals surface area contributed by atoms with Gasteiger partial charge in [-0.25, -0.2) is 0 Å². The molecule has 0 aliphatic heterocycles. The Morgan fingerprint density at radius 2 is 2.29 bits per heavy atom. The van der Waals surface area contributed by atoms with Crippen molar-refractivity contribution in [1.82, 2.24) is 10.2 Å². The average molecular weight is 231 g/mol. The zero-order chi connectivity index (χ0) is 12.3. The van der Waals surface area contributed by atoms with Crippen LogP contribution in [0.15, 0.2) is 12.1 Å². The highest BCUT2D eigenvalue weighted by Gasteiger charge is 2.31. The van der Waals surface area contributed by atoms with Crippen molar-refractivity contribution in [3.05, 3.63) is 17.8 Å². The lowest BCUT2D eigenvalue weighted by Crippen LogP contribution is -2.34. The minimum absolute atomic E-state index is 0.0229. The lowest BCUT2D eigenvalue weighted by Gasteiger charge is -2.18. The summed E-state index contributed by atoms with van der Waals surface area (Å²) in [6.07, 6.45) is 2.70. The van der Waals surface area contributed by atoms with Gasteiger partial charge in [-0.2, -0.15) is 5.26 Å². The second-order valence-corrected chi connectivity index (χ2v) is 4.11. The van der Waals surface area contributed by atoms with Crippen LogP contribution >= 0.6 is 0 Å². The first-order chi connectivity index (χ1) is 8.20. The van der Waals surface area contributed by atoms with Gasteiger partial charge in [0.05, 0.1) is 5.92 Å². The van der Waals surface area contributed by atoms with Crippen molar-refractivity contribution in [3.8, 4) is 6.07 Å². The van der Waals surface area contributed by atoms with Crippen LogP contribution < -0.4 is 11.1 Å². The van der Waals surface area contributed by atoms with Crippen molar-refractivity contribution >= 4 is 11.7 Å². The number of anilines is 1. The molecular weight excluding hydrogens is 218 g/mol. The molecule has 1 aromatic heterocycles. The Balaban J connectivity index is 2.05. The van der Waals surface area contributed by atoms with E-state index in [0.717, 1.165) is 19.3 Å². The van der Waals surface area contributed by atoms with E-state index in [0.29, 0.717) is 5.82 Å². The van der Waals surface area contributed by atoms with Gasteiger partial charge in [-0.05, 0) is 25.0 Å². The number of nitriles is 1. The Kier molecular flexibility index (Phi) is 3.19. The lowest BCUT2D eigenvalue weighted by molar-refractivity contribution is -0.121. The smallest absolute Gasteiger partial charge is 0.222 e. The van der Waals surface area contributed by atoms with E-state index in [1.807, 2.05) is 6.07 Å². The molecular formula is C11H13N5O. The van der Waals surface area contributed by atoms with Crippen LogP contribution in [0, 0.1) is 17.2 Å². The van der Waals surface area contributed by atoms with Crippen LogP contribution in [0.4, 0.5) is 5.82 Å². The van der Waals surface area contributed by atoms with E-state index in [-0.39, 0.29) is 23.6 Å². The summed E-state index contributed by atoms with van der Waals surface area (Å²) in [5.41, 5.74) is 5.60. The number of carbonyl (C=O) groups is 1. The maximum Gasteiger partial charge on any atom is 0.222 e. The van der Waals surface area contributed by atoms with Gasteiger partial charge < -0.3 is 11.1 Å². The number of amides is 1. The Morgan fingerprint density at radius 1 is 1.47 bits per heavy atom. The molecule has 1 aliphatic rings. The van der Waals surface area contributed by atoms with Crippen LogP contribution in [0.25, 0.3) is 0 Å². The van der Waals surface area contributed by atoms with E-state index in [1.54, 1.807) is 12.1 Å². The van der Waals surface area contributed by atoms with Gasteiger partial charge in [0.2, 0.25) is 5.91 Å². The monoisotopic (exact) mass is 231 g/mol. The molecule has 0 saturated heterocycles. The molecule has 0 aromatic carbocycles. The number of primary amides is 1. The first kappa shape index (κ1) is 11.3. The predicted octanol–water partition coefficient (Wildman–Crippen LogP) is 0.414. The van der Waals surface area contributed by atoms with Crippen molar-refractivity contribution in [2.75, 3.05) is 5.32 Å². The van der Waals surface area contributed by atoms with Gasteiger partial charge in [0, 0.05) is 6.04 Å². The molecule has 1 aliphatic carbocycles. The number of nitrogens with two attached hydrogens (primary N) is 1. The standard InChI is InChI=1S/C11H13N5O/c12-6-7-4-5-10(16-15-7)14-9-3-1-2-8(9)11(13)17/h4-5,8-9H,1-3H2,(H2,13,17)(H,14,16). The molecule has 1 heterocycles. The minimum atomic E-state index is -0.276. The number of nitrogens with one attached hydrogen (secondary N) is 1. The van der Waals surface area contributed by atoms with E-state index < -0.39 is 0 Å². The molecule has 3 N–H and O–H groups in total. The third-order valence-electron chi connectivity index (χ3n) is 2.99. The number of carbonyl (C=O) groups excluding carboxylic acids is 1. The van der Waals surface area contributed by atoms with Crippen LogP contribution in [0.3, 0.4) is 0 Å². The fraction of sp³-hybridized carbons (Fsp3) is 0.455. The van der Waals surface area contributed by atoms with Crippen LogP contribution in [-0.2, 0) is 4.79 Å². The summed E-state index contributed by atoms with van der Waals surface area (Å²) in [6.45, 7) is 0.